The molecule has 0 saturated heterocycles. The molecule has 0 spiro atoms. The standard InChI is InChI=1S/C13H19N3O6/c1-13(2,3)22-12(20)14-5-6-16-9(10(17)18)7-8(15-16)11(19)21-4/h7H,5-6H2,1-4H3,(H,14,20)(H,17,18). The van der Waals surface area contributed by atoms with Gasteiger partial charge in [0.05, 0.1) is 13.7 Å². The molecular formula is C13H19N3O6. The molecule has 0 aliphatic carbocycles. The van der Waals surface area contributed by atoms with Gasteiger partial charge in [-0.25, -0.2) is 14.4 Å². The molecule has 0 fully saturated rings. The summed E-state index contributed by atoms with van der Waals surface area (Å²) in [6.45, 7) is 5.34. The van der Waals surface area contributed by atoms with Crippen LogP contribution in [0.5, 0.6) is 0 Å². The summed E-state index contributed by atoms with van der Waals surface area (Å²) in [5.74, 6) is -1.97. The molecule has 22 heavy (non-hydrogen) atoms. The van der Waals surface area contributed by atoms with E-state index in [4.69, 9.17) is 9.84 Å². The van der Waals surface area contributed by atoms with Crippen molar-refractivity contribution < 1.29 is 29.0 Å². The smallest absolute Gasteiger partial charge is 0.407 e. The van der Waals surface area contributed by atoms with E-state index in [1.807, 2.05) is 0 Å². The number of hydrogen-bond donors (Lipinski definition) is 2. The highest BCUT2D eigenvalue weighted by atomic mass is 16.6. The molecule has 0 bridgehead atoms. The molecular weight excluding hydrogens is 294 g/mol. The van der Waals surface area contributed by atoms with Crippen LogP contribution in [0.3, 0.4) is 0 Å². The number of hydrogen-bond acceptors (Lipinski definition) is 6. The highest BCUT2D eigenvalue weighted by molar-refractivity contribution is 5.92. The summed E-state index contributed by atoms with van der Waals surface area (Å²) < 4.78 is 10.6. The van der Waals surface area contributed by atoms with Crippen molar-refractivity contribution >= 4 is 18.0 Å². The van der Waals surface area contributed by atoms with Crippen molar-refractivity contribution in [2.45, 2.75) is 32.9 Å². The lowest BCUT2D eigenvalue weighted by atomic mass is 10.2. The van der Waals surface area contributed by atoms with Crippen LogP contribution in [0.2, 0.25) is 0 Å². The van der Waals surface area contributed by atoms with Crippen LogP contribution in [-0.2, 0) is 16.0 Å². The number of methoxy groups -OCH3 is 1. The van der Waals surface area contributed by atoms with Crippen LogP contribution in [0.25, 0.3) is 0 Å². The van der Waals surface area contributed by atoms with Crippen LogP contribution >= 0.6 is 0 Å². The number of carboxylic acid groups (broad SMARTS) is 1. The molecule has 2 N–H and O–H groups in total. The van der Waals surface area contributed by atoms with E-state index in [-0.39, 0.29) is 24.5 Å². The molecule has 0 aromatic carbocycles. The number of carboxylic acids is 1. The van der Waals surface area contributed by atoms with Crippen molar-refractivity contribution in [2.75, 3.05) is 13.7 Å². The van der Waals surface area contributed by atoms with E-state index in [0.29, 0.717) is 0 Å². The van der Waals surface area contributed by atoms with Crippen LogP contribution in [-0.4, -0.2) is 52.2 Å². The van der Waals surface area contributed by atoms with Gasteiger partial charge >= 0.3 is 18.0 Å². The molecule has 9 heteroatoms. The molecule has 0 aliphatic heterocycles. The minimum atomic E-state index is -1.24. The summed E-state index contributed by atoms with van der Waals surface area (Å²) in [6.07, 6.45) is -0.621. The number of alkyl carbamates (subject to hydrolysis) is 1. The van der Waals surface area contributed by atoms with Gasteiger partial charge in [0.15, 0.2) is 5.69 Å². The average Bonchev–Trinajstić information content (AvgIpc) is 2.80. The van der Waals surface area contributed by atoms with E-state index in [1.54, 1.807) is 20.8 Å². The van der Waals surface area contributed by atoms with Gasteiger partial charge < -0.3 is 19.9 Å². The van der Waals surface area contributed by atoms with Crippen molar-refractivity contribution in [1.29, 1.82) is 0 Å². The number of carbonyl (C=O) groups is 3. The Labute approximate surface area is 127 Å². The zero-order valence-corrected chi connectivity index (χ0v) is 12.9. The molecule has 1 rings (SSSR count). The first-order valence-corrected chi connectivity index (χ1v) is 6.50. The van der Waals surface area contributed by atoms with Crippen LogP contribution in [0.4, 0.5) is 4.79 Å². The highest BCUT2D eigenvalue weighted by Gasteiger charge is 2.19. The highest BCUT2D eigenvalue weighted by Crippen LogP contribution is 2.07. The predicted octanol–water partition coefficient (Wildman–Crippen LogP) is 0.893. The second-order valence-corrected chi connectivity index (χ2v) is 5.36. The van der Waals surface area contributed by atoms with Gasteiger partial charge in [-0.3, -0.25) is 4.68 Å². The van der Waals surface area contributed by atoms with Gasteiger partial charge in [0.2, 0.25) is 0 Å². The quantitative estimate of drug-likeness (QED) is 0.775. The summed E-state index contributed by atoms with van der Waals surface area (Å²) in [7, 11) is 1.17. The van der Waals surface area contributed by atoms with E-state index >= 15 is 0 Å². The topological polar surface area (TPSA) is 120 Å². The van der Waals surface area contributed by atoms with E-state index in [2.05, 4.69) is 15.2 Å². The maximum Gasteiger partial charge on any atom is 0.407 e. The number of esters is 1. The second kappa shape index (κ2) is 6.92. The molecule has 9 nitrogen and oxygen atoms in total. The number of nitrogens with zero attached hydrogens (tertiary/aromatic N) is 2. The number of nitrogens with one attached hydrogen (secondary N) is 1. The fourth-order valence-corrected chi connectivity index (χ4v) is 1.54. The molecule has 0 unspecified atom stereocenters. The molecule has 1 heterocycles. The number of amides is 1. The number of carbonyl (C=O) groups excluding carboxylic acids is 2. The summed E-state index contributed by atoms with van der Waals surface area (Å²) in [5.41, 5.74) is -0.913. The van der Waals surface area contributed by atoms with Crippen LogP contribution in [0, 0.1) is 0 Å². The van der Waals surface area contributed by atoms with Gasteiger partial charge in [-0.2, -0.15) is 5.10 Å². The van der Waals surface area contributed by atoms with Crippen LogP contribution < -0.4 is 5.32 Å². The third kappa shape index (κ3) is 5.08. The molecule has 1 amide bonds. The zero-order chi connectivity index (χ0) is 16.9. The minimum absolute atomic E-state index is 0.0673. The second-order valence-electron chi connectivity index (χ2n) is 5.36. The van der Waals surface area contributed by atoms with E-state index in [0.717, 1.165) is 10.7 Å². The molecule has 0 aliphatic rings. The normalized spacial score (nSPS) is 10.9. The van der Waals surface area contributed by atoms with Crippen LogP contribution in [0.15, 0.2) is 6.07 Å². The van der Waals surface area contributed by atoms with Crippen molar-refractivity contribution in [3.8, 4) is 0 Å². The first-order valence-electron chi connectivity index (χ1n) is 6.50. The van der Waals surface area contributed by atoms with Gasteiger partial charge in [-0.1, -0.05) is 0 Å². The van der Waals surface area contributed by atoms with Gasteiger partial charge in [0.25, 0.3) is 0 Å². The van der Waals surface area contributed by atoms with Gasteiger partial charge in [0.1, 0.15) is 11.3 Å². The number of ether oxygens (including phenoxy) is 2. The summed E-state index contributed by atoms with van der Waals surface area (Å²) in [5, 5.41) is 15.4. The maximum absolute atomic E-state index is 11.5. The number of aromatic nitrogens is 2. The minimum Gasteiger partial charge on any atom is -0.477 e. The lowest BCUT2D eigenvalue weighted by Gasteiger charge is -2.19. The van der Waals surface area contributed by atoms with Crippen molar-refractivity contribution in [3.63, 3.8) is 0 Å². The van der Waals surface area contributed by atoms with Gasteiger partial charge in [-0.05, 0) is 20.8 Å². The van der Waals surface area contributed by atoms with Crippen molar-refractivity contribution in [3.05, 3.63) is 17.5 Å². The molecule has 0 saturated carbocycles. The SMILES string of the molecule is COC(=O)c1cc(C(=O)O)n(CCNC(=O)OC(C)(C)C)n1. The first-order chi connectivity index (χ1) is 10.1. The lowest BCUT2D eigenvalue weighted by Crippen LogP contribution is -2.34. The molecule has 0 atom stereocenters. The number of rotatable bonds is 5. The Bertz CT molecular complexity index is 573. The van der Waals surface area contributed by atoms with E-state index < -0.39 is 23.6 Å². The summed E-state index contributed by atoms with van der Waals surface area (Å²) >= 11 is 0. The third-order valence-electron chi connectivity index (χ3n) is 2.39. The molecule has 1 aromatic rings. The van der Waals surface area contributed by atoms with Gasteiger partial charge in [0, 0.05) is 12.6 Å². The van der Waals surface area contributed by atoms with Gasteiger partial charge in [-0.15, -0.1) is 0 Å². The maximum atomic E-state index is 11.5. The number of aromatic carboxylic acids is 1. The Hall–Kier alpha value is -2.58. The Morgan fingerprint density at radius 2 is 2.00 bits per heavy atom. The summed E-state index contributed by atoms with van der Waals surface area (Å²) in [4.78, 5) is 33.9. The Kier molecular flexibility index (Phi) is 5.50. The lowest BCUT2D eigenvalue weighted by molar-refractivity contribution is 0.0523. The first kappa shape index (κ1) is 17.5. The fourth-order valence-electron chi connectivity index (χ4n) is 1.54. The Morgan fingerprint density at radius 3 is 2.50 bits per heavy atom. The van der Waals surface area contributed by atoms with Crippen molar-refractivity contribution in [2.24, 2.45) is 0 Å². The largest absolute Gasteiger partial charge is 0.477 e. The fraction of sp³-hybridized carbons (Fsp3) is 0.538. The zero-order valence-electron chi connectivity index (χ0n) is 12.9. The van der Waals surface area contributed by atoms with Crippen LogP contribution in [0.1, 0.15) is 41.7 Å². The van der Waals surface area contributed by atoms with Crippen molar-refractivity contribution in [1.82, 2.24) is 15.1 Å². The summed E-state index contributed by atoms with van der Waals surface area (Å²) in [6, 6.07) is 1.11. The predicted molar refractivity (Wildman–Crippen MR) is 74.8 cm³/mol. The third-order valence-corrected chi connectivity index (χ3v) is 2.39. The molecule has 0 radical (unpaired) electrons. The Morgan fingerprint density at radius 1 is 1.36 bits per heavy atom. The monoisotopic (exact) mass is 313 g/mol. The van der Waals surface area contributed by atoms with E-state index in [1.165, 1.54) is 7.11 Å². The Balaban J connectivity index is 2.69. The van der Waals surface area contributed by atoms with E-state index in [9.17, 15) is 14.4 Å². The molecule has 1 aromatic heterocycles. The molecule has 122 valence electrons. The average molecular weight is 313 g/mol.